The molecule has 1 aromatic heterocycles. The second-order valence-electron chi connectivity index (χ2n) is 9.61. The highest BCUT2D eigenvalue weighted by molar-refractivity contribution is 7.84. The Labute approximate surface area is 255 Å². The molecule has 1 unspecified atom stereocenters. The molecule has 0 aliphatic carbocycles. The van der Waals surface area contributed by atoms with Crippen LogP contribution in [0, 0.1) is 5.41 Å². The fraction of sp³-hybridized carbons (Fsp3) is 0.391. The number of carbonyl (C=O) groups is 3. The minimum atomic E-state index is -5.10. The van der Waals surface area contributed by atoms with E-state index in [4.69, 9.17) is 25.3 Å². The number of halogens is 3. The van der Waals surface area contributed by atoms with Crippen molar-refractivity contribution in [1.29, 1.82) is 5.41 Å². The van der Waals surface area contributed by atoms with Crippen molar-refractivity contribution in [3.63, 3.8) is 0 Å². The van der Waals surface area contributed by atoms with Crippen molar-refractivity contribution in [3.8, 4) is 5.75 Å². The first-order valence-electron chi connectivity index (χ1n) is 12.7. The summed E-state index contributed by atoms with van der Waals surface area (Å²) in [6.45, 7) is 1.79. The Morgan fingerprint density at radius 3 is 2.44 bits per heavy atom. The number of nitrogens with one attached hydrogen (secondary N) is 4. The second kappa shape index (κ2) is 12.8. The van der Waals surface area contributed by atoms with Gasteiger partial charge in [-0.15, -0.1) is 0 Å². The molecule has 1 aromatic carbocycles. The molecular formula is C23H25F3N8O9S2. The Hall–Kier alpha value is -4.54. The molecule has 0 bridgehead atoms. The van der Waals surface area contributed by atoms with Crippen LogP contribution in [0.4, 0.5) is 18.3 Å². The number of hydrogen-bond donors (Lipinski definition) is 7. The van der Waals surface area contributed by atoms with Crippen LogP contribution in [-0.4, -0.2) is 101 Å². The predicted octanol–water partition coefficient (Wildman–Crippen LogP) is -0.598. The van der Waals surface area contributed by atoms with E-state index in [0.29, 0.717) is 18.7 Å². The molecule has 2 aliphatic rings. The van der Waals surface area contributed by atoms with Gasteiger partial charge in [0.15, 0.2) is 10.8 Å². The number of ether oxygens (including phenoxy) is 1. The van der Waals surface area contributed by atoms with Gasteiger partial charge in [0.1, 0.15) is 34.8 Å². The van der Waals surface area contributed by atoms with Crippen molar-refractivity contribution in [3.05, 3.63) is 40.4 Å². The molecule has 2 fully saturated rings. The van der Waals surface area contributed by atoms with Gasteiger partial charge in [0, 0.05) is 18.7 Å². The quantitative estimate of drug-likeness (QED) is 0.0487. The zero-order chi connectivity index (χ0) is 33.3. The third-order valence-electron chi connectivity index (χ3n) is 6.43. The maximum Gasteiger partial charge on any atom is 0.427 e. The van der Waals surface area contributed by atoms with E-state index in [1.54, 1.807) is 0 Å². The number of nitrogens with zero attached hydrogens (tertiary/aromatic N) is 3. The highest BCUT2D eigenvalue weighted by Gasteiger charge is 2.52. The van der Waals surface area contributed by atoms with Crippen LogP contribution in [0.1, 0.15) is 23.1 Å². The molecule has 3 heterocycles. The topological polar surface area (TPSA) is 259 Å². The number of β-lactam (4-membered cyclic amide) rings is 1. The highest BCUT2D eigenvalue weighted by atomic mass is 32.2. The first-order chi connectivity index (χ1) is 21.0. The van der Waals surface area contributed by atoms with Crippen molar-refractivity contribution in [1.82, 2.24) is 25.2 Å². The number of nitrogen functional groups attached to an aromatic ring is 1. The Kier molecular flexibility index (Phi) is 9.51. The molecule has 0 saturated carbocycles. The van der Waals surface area contributed by atoms with E-state index in [1.807, 2.05) is 5.32 Å². The van der Waals surface area contributed by atoms with Crippen molar-refractivity contribution >= 4 is 56.1 Å². The number of hydrogen-bond acceptors (Lipinski definition) is 13. The number of alkyl halides is 3. The van der Waals surface area contributed by atoms with Crippen molar-refractivity contribution in [2.24, 2.45) is 5.16 Å². The van der Waals surface area contributed by atoms with Crippen molar-refractivity contribution in [2.45, 2.75) is 37.3 Å². The Morgan fingerprint density at radius 2 is 1.93 bits per heavy atom. The van der Waals surface area contributed by atoms with Crippen LogP contribution in [0.15, 0.2) is 29.4 Å². The smallest absolute Gasteiger partial charge is 0.427 e. The number of aromatic nitrogens is 1. The van der Waals surface area contributed by atoms with E-state index in [0.717, 1.165) is 6.92 Å². The third kappa shape index (κ3) is 7.58. The number of rotatable bonds is 12. The fourth-order valence-electron chi connectivity index (χ4n) is 4.03. The molecule has 2 amide bonds. The third-order valence-corrected chi connectivity index (χ3v) is 8.37. The Bertz CT molecular complexity index is 1630. The molecule has 0 radical (unpaired) electrons. The molecule has 0 spiro atoms. The number of aliphatic carboxylic acids is 1. The Balaban J connectivity index is 1.52. The van der Waals surface area contributed by atoms with Gasteiger partial charge < -0.3 is 36.4 Å². The van der Waals surface area contributed by atoms with Crippen molar-refractivity contribution in [2.75, 3.05) is 25.4 Å². The van der Waals surface area contributed by atoms with Gasteiger partial charge in [0.05, 0.1) is 12.1 Å². The fourth-order valence-corrected chi connectivity index (χ4v) is 5.61. The van der Waals surface area contributed by atoms with E-state index >= 15 is 0 Å². The largest absolute Gasteiger partial charge is 0.489 e. The maximum absolute atomic E-state index is 13.7. The van der Waals surface area contributed by atoms with Crippen LogP contribution >= 0.6 is 11.3 Å². The number of carbonyl (C=O) groups excluding carboxylic acids is 2. The van der Waals surface area contributed by atoms with Gasteiger partial charge in [-0.1, -0.05) is 16.5 Å². The lowest BCUT2D eigenvalue weighted by molar-refractivity contribution is -0.152. The van der Waals surface area contributed by atoms with E-state index in [9.17, 15) is 41.1 Å². The monoisotopic (exact) mass is 678 g/mol. The predicted molar refractivity (Wildman–Crippen MR) is 149 cm³/mol. The van der Waals surface area contributed by atoms with Gasteiger partial charge in [-0.05, 0) is 31.2 Å². The van der Waals surface area contributed by atoms with Crippen LogP contribution in [0.5, 0.6) is 5.75 Å². The number of anilines is 1. The van der Waals surface area contributed by atoms with E-state index in [1.165, 1.54) is 24.3 Å². The summed E-state index contributed by atoms with van der Waals surface area (Å²) in [5.74, 6) is -4.22. The SMILES string of the molecule is C[C@H]1[C@H](NC(=O)/C(=N\OC(COc2ccc(C(=N)NC3CNC3)cc2)C(=O)O)c2nc(N)sc2C(F)(F)F)C(=O)N1S(=O)(=O)O. The van der Waals surface area contributed by atoms with Gasteiger partial charge in [0.25, 0.3) is 17.9 Å². The molecule has 17 nitrogen and oxygen atoms in total. The maximum atomic E-state index is 13.7. The van der Waals surface area contributed by atoms with E-state index in [-0.39, 0.29) is 33.3 Å². The number of amidine groups is 1. The molecule has 45 heavy (non-hydrogen) atoms. The van der Waals surface area contributed by atoms with Crippen LogP contribution < -0.4 is 26.4 Å². The molecular weight excluding hydrogens is 653 g/mol. The molecule has 22 heteroatoms. The first kappa shape index (κ1) is 33.4. The molecule has 8 N–H and O–H groups in total. The lowest BCUT2D eigenvalue weighted by atomic mass is 10.0. The number of amides is 2. The van der Waals surface area contributed by atoms with E-state index in [2.05, 4.69) is 20.8 Å². The number of nitrogens with two attached hydrogens (primary N) is 1. The van der Waals surface area contributed by atoms with Gasteiger partial charge >= 0.3 is 22.4 Å². The minimum Gasteiger partial charge on any atom is -0.489 e. The van der Waals surface area contributed by atoms with Gasteiger partial charge in [0.2, 0.25) is 0 Å². The van der Waals surface area contributed by atoms with Crippen LogP contribution in [0.25, 0.3) is 0 Å². The summed E-state index contributed by atoms with van der Waals surface area (Å²) in [7, 11) is -4.99. The number of oxime groups is 1. The summed E-state index contributed by atoms with van der Waals surface area (Å²) < 4.78 is 78.5. The van der Waals surface area contributed by atoms with Crippen LogP contribution in [-0.2, 0) is 35.7 Å². The zero-order valence-electron chi connectivity index (χ0n) is 22.9. The number of carboxylic acid groups (broad SMARTS) is 1. The summed E-state index contributed by atoms with van der Waals surface area (Å²) in [5.41, 5.74) is 3.57. The summed E-state index contributed by atoms with van der Waals surface area (Å²) in [6.07, 6.45) is -7.09. The summed E-state index contributed by atoms with van der Waals surface area (Å²) in [4.78, 5) is 44.0. The summed E-state index contributed by atoms with van der Waals surface area (Å²) >= 11 is -0.0567. The lowest BCUT2D eigenvalue weighted by Gasteiger charge is -2.42. The Morgan fingerprint density at radius 1 is 1.29 bits per heavy atom. The molecule has 4 rings (SSSR count). The highest BCUT2D eigenvalue weighted by Crippen LogP contribution is 2.38. The van der Waals surface area contributed by atoms with Crippen molar-refractivity contribution < 1.29 is 55.2 Å². The molecule has 2 aliphatic heterocycles. The molecule has 3 atom stereocenters. The molecule has 2 aromatic rings. The van der Waals surface area contributed by atoms with Gasteiger partial charge in [-0.3, -0.25) is 19.6 Å². The zero-order valence-corrected chi connectivity index (χ0v) is 24.5. The molecule has 244 valence electrons. The number of thiazole rings is 1. The van der Waals surface area contributed by atoms with Crippen LogP contribution in [0.3, 0.4) is 0 Å². The minimum absolute atomic E-state index is 0.0306. The lowest BCUT2D eigenvalue weighted by Crippen LogP contribution is -2.71. The average molecular weight is 679 g/mol. The summed E-state index contributed by atoms with van der Waals surface area (Å²) in [5, 5.41) is 28.4. The van der Waals surface area contributed by atoms with Crippen LogP contribution in [0.2, 0.25) is 0 Å². The number of carboxylic acids is 1. The first-order valence-corrected chi connectivity index (χ1v) is 14.9. The number of benzene rings is 1. The van der Waals surface area contributed by atoms with Gasteiger partial charge in [-0.2, -0.15) is 21.6 Å². The second-order valence-corrected chi connectivity index (χ2v) is 11.9. The summed E-state index contributed by atoms with van der Waals surface area (Å²) in [6, 6.07) is 3.08. The standard InChI is InChI=1S/C23H25F3N8O9S2/c1-9-14(20(36)34(9)45(39,40)41)31-19(35)16(15-17(23(24,25)26)44-22(28)32-15)33-43-13(21(37)38)8-42-12-4-2-10(3-5-12)18(27)30-11-6-29-7-11/h2-5,9,11,13-14,29H,6-8H2,1H3,(H2,27,30)(H2,28,32)(H,31,35)(H,37,38)(H,39,40,41)/b33-16-/t9-,13?,14-/m0/s1. The average Bonchev–Trinajstić information content (AvgIpc) is 3.32. The van der Waals surface area contributed by atoms with Gasteiger partial charge in [-0.25, -0.2) is 14.1 Å². The van der Waals surface area contributed by atoms with E-state index < -0.39 is 80.5 Å². The normalized spacial score (nSPS) is 19.6. The molecule has 2 saturated heterocycles.